The van der Waals surface area contributed by atoms with Gasteiger partial charge in [0.1, 0.15) is 5.69 Å². The van der Waals surface area contributed by atoms with Gasteiger partial charge >= 0.3 is 0 Å². The van der Waals surface area contributed by atoms with Gasteiger partial charge in [-0.15, -0.1) is 17.5 Å². The summed E-state index contributed by atoms with van der Waals surface area (Å²) in [5.74, 6) is 0.465. The highest BCUT2D eigenvalue weighted by Crippen LogP contribution is 2.13. The minimum Gasteiger partial charge on any atom is -0.477 e. The first-order chi connectivity index (χ1) is 12.1. The van der Waals surface area contributed by atoms with Crippen LogP contribution in [0.25, 0.3) is 5.69 Å². The Morgan fingerprint density at radius 2 is 1.89 bits per heavy atom. The van der Waals surface area contributed by atoms with Gasteiger partial charge in [-0.25, -0.2) is 0 Å². The van der Waals surface area contributed by atoms with Crippen LogP contribution < -0.4 is 15.6 Å². The molecule has 2 rings (SSSR count). The molecule has 0 unspecified atom stereocenters. The fourth-order valence-corrected chi connectivity index (χ4v) is 2.35. The largest absolute Gasteiger partial charge is 0.477 e. The van der Waals surface area contributed by atoms with Crippen LogP contribution in [0.1, 0.15) is 26.2 Å². The van der Waals surface area contributed by atoms with Crippen LogP contribution in [-0.4, -0.2) is 53.9 Å². The minimum atomic E-state index is -0.168. The molecule has 0 amide bonds. The Balaban J connectivity index is 0.00000338. The maximum atomic E-state index is 12.8. The number of unbranched alkanes of at least 4 members (excludes halogenated alkanes) is 1. The van der Waals surface area contributed by atoms with E-state index in [0.717, 1.165) is 38.0 Å². The van der Waals surface area contributed by atoms with Gasteiger partial charge in [0.25, 0.3) is 5.56 Å². The van der Waals surface area contributed by atoms with Gasteiger partial charge in [-0.05, 0) is 45.6 Å². The van der Waals surface area contributed by atoms with E-state index in [4.69, 9.17) is 4.74 Å². The summed E-state index contributed by atoms with van der Waals surface area (Å²) < 4.78 is 7.13. The Kier molecular flexibility index (Phi) is 12.1. The molecule has 2 aromatic rings. The summed E-state index contributed by atoms with van der Waals surface area (Å²) in [5, 5.41) is 7.59. The van der Waals surface area contributed by atoms with E-state index >= 15 is 0 Å². The number of anilines is 1. The van der Waals surface area contributed by atoms with Gasteiger partial charge in [0, 0.05) is 12.6 Å². The Labute approximate surface area is 167 Å². The number of nitrogens with zero attached hydrogens (tertiary/aromatic N) is 3. The first-order valence-corrected chi connectivity index (χ1v) is 8.83. The van der Waals surface area contributed by atoms with Crippen molar-refractivity contribution in [3.8, 4) is 11.6 Å². The molecule has 0 saturated carbocycles. The van der Waals surface area contributed by atoms with Crippen LogP contribution in [0.2, 0.25) is 0 Å². The van der Waals surface area contributed by atoms with Crippen molar-refractivity contribution < 1.29 is 10.2 Å². The maximum absolute atomic E-state index is 12.8. The second kappa shape index (κ2) is 13.1. The van der Waals surface area contributed by atoms with E-state index in [1.54, 1.807) is 6.07 Å². The molecule has 1 aromatic heterocycles. The summed E-state index contributed by atoms with van der Waals surface area (Å²) in [6, 6.07) is 11.1. The van der Waals surface area contributed by atoms with E-state index in [0.29, 0.717) is 18.2 Å². The van der Waals surface area contributed by atoms with Crippen molar-refractivity contribution in [2.45, 2.75) is 26.2 Å². The monoisotopic (exact) mass is 398 g/mol. The quantitative estimate of drug-likeness (QED) is 0.620. The smallest absolute Gasteiger partial charge is 0.295 e. The molecule has 27 heavy (non-hydrogen) atoms. The van der Waals surface area contributed by atoms with Crippen LogP contribution >= 0.6 is 12.4 Å². The molecule has 7 nitrogen and oxygen atoms in total. The molecule has 0 saturated heterocycles. The highest BCUT2D eigenvalue weighted by atomic mass is 35.5. The predicted molar refractivity (Wildman–Crippen MR) is 113 cm³/mol. The Bertz CT molecular complexity index is 708. The lowest BCUT2D eigenvalue weighted by atomic mass is 10.3. The van der Waals surface area contributed by atoms with Crippen LogP contribution in [0.5, 0.6) is 5.88 Å². The first-order valence-electron chi connectivity index (χ1n) is 8.83. The molecule has 0 spiro atoms. The lowest BCUT2D eigenvalue weighted by molar-refractivity contribution is 0.291. The molecule has 0 bridgehead atoms. The van der Waals surface area contributed by atoms with E-state index in [9.17, 15) is 4.79 Å². The Morgan fingerprint density at radius 3 is 2.52 bits per heavy atom. The van der Waals surface area contributed by atoms with E-state index in [2.05, 4.69) is 22.2 Å². The SMILES string of the molecule is CCCCOc1cc(NCCCN(C)C)c(=O)n(-c2ccccc2)n1.Cl.O. The van der Waals surface area contributed by atoms with Gasteiger partial charge in [-0.3, -0.25) is 4.79 Å². The van der Waals surface area contributed by atoms with Gasteiger partial charge in [0.15, 0.2) is 0 Å². The Hall–Kier alpha value is -2.09. The third-order valence-electron chi connectivity index (χ3n) is 3.74. The third-order valence-corrected chi connectivity index (χ3v) is 3.74. The summed E-state index contributed by atoms with van der Waals surface area (Å²) in [5.41, 5.74) is 1.08. The number of hydrogen-bond acceptors (Lipinski definition) is 5. The topological polar surface area (TPSA) is 90.9 Å². The number of para-hydroxylation sites is 1. The molecular weight excluding hydrogens is 368 g/mol. The number of nitrogens with one attached hydrogen (secondary N) is 1. The number of hydrogen-bond donors (Lipinski definition) is 1. The number of halogens is 1. The average Bonchev–Trinajstić information content (AvgIpc) is 2.61. The van der Waals surface area contributed by atoms with Crippen LogP contribution in [0.15, 0.2) is 41.2 Å². The van der Waals surface area contributed by atoms with Gasteiger partial charge < -0.3 is 20.4 Å². The number of benzene rings is 1. The van der Waals surface area contributed by atoms with Crippen LogP contribution in [0.3, 0.4) is 0 Å². The molecule has 0 aliphatic carbocycles. The van der Waals surface area contributed by atoms with Gasteiger partial charge in [-0.1, -0.05) is 31.5 Å². The van der Waals surface area contributed by atoms with Crippen molar-refractivity contribution in [2.24, 2.45) is 0 Å². The van der Waals surface area contributed by atoms with Crippen LogP contribution in [0.4, 0.5) is 5.69 Å². The molecule has 152 valence electrons. The fraction of sp³-hybridized carbons (Fsp3) is 0.474. The molecule has 1 heterocycles. The minimum absolute atomic E-state index is 0. The van der Waals surface area contributed by atoms with Gasteiger partial charge in [-0.2, -0.15) is 4.68 Å². The Morgan fingerprint density at radius 1 is 1.19 bits per heavy atom. The number of aromatic nitrogens is 2. The first kappa shape index (κ1) is 24.9. The van der Waals surface area contributed by atoms with Crippen molar-refractivity contribution in [3.63, 3.8) is 0 Å². The zero-order valence-electron chi connectivity index (χ0n) is 16.3. The molecule has 0 atom stereocenters. The average molecular weight is 399 g/mol. The second-order valence-electron chi connectivity index (χ2n) is 6.23. The fourth-order valence-electron chi connectivity index (χ4n) is 2.35. The number of rotatable bonds is 10. The highest BCUT2D eigenvalue weighted by molar-refractivity contribution is 5.85. The third kappa shape index (κ3) is 7.99. The summed E-state index contributed by atoms with van der Waals surface area (Å²) in [6.45, 7) is 4.39. The van der Waals surface area contributed by atoms with Gasteiger partial charge in [0.05, 0.1) is 12.3 Å². The van der Waals surface area contributed by atoms with Crippen molar-refractivity contribution >= 4 is 18.1 Å². The van der Waals surface area contributed by atoms with E-state index in [1.807, 2.05) is 44.4 Å². The summed E-state index contributed by atoms with van der Waals surface area (Å²) in [6.07, 6.45) is 2.96. The molecule has 1 aromatic carbocycles. The highest BCUT2D eigenvalue weighted by Gasteiger charge is 2.10. The molecule has 8 heteroatoms. The van der Waals surface area contributed by atoms with Crippen molar-refractivity contribution in [1.29, 1.82) is 0 Å². The zero-order chi connectivity index (χ0) is 18.1. The molecule has 3 N–H and O–H groups in total. The van der Waals surface area contributed by atoms with E-state index < -0.39 is 0 Å². The van der Waals surface area contributed by atoms with Crippen LogP contribution in [0, 0.1) is 0 Å². The molecular formula is C19H31ClN4O3. The maximum Gasteiger partial charge on any atom is 0.295 e. The molecule has 0 aliphatic rings. The van der Waals surface area contributed by atoms with Crippen molar-refractivity contribution in [2.75, 3.05) is 39.1 Å². The number of ether oxygens (including phenoxy) is 1. The molecule has 0 aliphatic heterocycles. The van der Waals surface area contributed by atoms with Crippen molar-refractivity contribution in [1.82, 2.24) is 14.7 Å². The summed E-state index contributed by atoms with van der Waals surface area (Å²) >= 11 is 0. The lowest BCUT2D eigenvalue weighted by Crippen LogP contribution is -2.26. The molecule has 0 radical (unpaired) electrons. The van der Waals surface area contributed by atoms with Crippen molar-refractivity contribution in [3.05, 3.63) is 46.8 Å². The molecule has 0 fully saturated rings. The zero-order valence-corrected chi connectivity index (χ0v) is 17.1. The summed E-state index contributed by atoms with van der Waals surface area (Å²) in [7, 11) is 4.07. The second-order valence-corrected chi connectivity index (χ2v) is 6.23. The standard InChI is InChI=1S/C19H28N4O2.ClH.H2O/c1-4-5-14-25-18-15-17(20-12-9-13-22(2)3)19(24)23(21-18)16-10-7-6-8-11-16;;/h6-8,10-11,15,20H,4-5,9,12-14H2,1-3H3;1H;1H2. The predicted octanol–water partition coefficient (Wildman–Crippen LogP) is 2.37. The summed E-state index contributed by atoms with van der Waals surface area (Å²) in [4.78, 5) is 14.9. The van der Waals surface area contributed by atoms with Crippen LogP contribution in [-0.2, 0) is 0 Å². The lowest BCUT2D eigenvalue weighted by Gasteiger charge is -2.13. The van der Waals surface area contributed by atoms with Gasteiger partial charge in [0.2, 0.25) is 5.88 Å². The normalized spacial score (nSPS) is 10.1. The van der Waals surface area contributed by atoms with E-state index in [-0.39, 0.29) is 23.4 Å². The van der Waals surface area contributed by atoms with E-state index in [1.165, 1.54) is 4.68 Å².